The van der Waals surface area contributed by atoms with Gasteiger partial charge in [-0.15, -0.1) is 0 Å². The highest BCUT2D eigenvalue weighted by molar-refractivity contribution is 6.32. The van der Waals surface area contributed by atoms with Crippen LogP contribution in [0.15, 0.2) is 48.5 Å². The van der Waals surface area contributed by atoms with Gasteiger partial charge < -0.3 is 14.8 Å². The molecule has 19 heteroatoms. The van der Waals surface area contributed by atoms with E-state index >= 15 is 0 Å². The molecule has 3 aromatic rings. The van der Waals surface area contributed by atoms with Gasteiger partial charge in [-0.05, 0) is 42.5 Å². The number of hydrogen-bond donors (Lipinski definition) is 1. The Hall–Kier alpha value is -4.22. The van der Waals surface area contributed by atoms with Crippen LogP contribution < -0.4 is 14.8 Å². The number of hydrogen-bond acceptors (Lipinski definition) is 4. The summed E-state index contributed by atoms with van der Waals surface area (Å²) in [6.07, 6.45) is -19.5. The molecule has 0 atom stereocenters. The van der Waals surface area contributed by atoms with Gasteiger partial charge >= 0.3 is 30.8 Å². The van der Waals surface area contributed by atoms with Gasteiger partial charge in [-0.2, -0.15) is 48.3 Å². The Morgan fingerprint density at radius 3 is 1.98 bits per heavy atom. The van der Waals surface area contributed by atoms with E-state index in [-0.39, 0.29) is 18.2 Å². The van der Waals surface area contributed by atoms with E-state index in [2.05, 4.69) is 4.74 Å². The summed E-state index contributed by atoms with van der Waals surface area (Å²) in [6, 6.07) is 3.50. The minimum Gasteiger partial charge on any atom is -0.494 e. The first kappa shape index (κ1) is 36.3. The van der Waals surface area contributed by atoms with Crippen molar-refractivity contribution in [3.05, 3.63) is 87.2 Å². The van der Waals surface area contributed by atoms with E-state index < -0.39 is 105 Å². The van der Waals surface area contributed by atoms with Crippen LogP contribution in [0.3, 0.4) is 0 Å². The average molecular weight is 700 g/mol. The lowest BCUT2D eigenvalue weighted by molar-refractivity contribution is -0.348. The first-order valence-electron chi connectivity index (χ1n) is 12.0. The summed E-state index contributed by atoms with van der Waals surface area (Å²) in [5.74, 6) is -6.08. The van der Waals surface area contributed by atoms with Gasteiger partial charge in [-0.1, -0.05) is 17.7 Å². The maximum Gasteiger partial charge on any atom is 0.435 e. The molecule has 0 saturated heterocycles. The van der Waals surface area contributed by atoms with Crippen LogP contribution in [0.2, 0.25) is 5.02 Å². The molecule has 1 N–H and O–H groups in total. The molecule has 0 bridgehead atoms. The van der Waals surface area contributed by atoms with E-state index in [0.717, 1.165) is 25.3 Å². The summed E-state index contributed by atoms with van der Waals surface area (Å²) >= 11 is 5.77. The number of ether oxygens (including phenoxy) is 2. The van der Waals surface area contributed by atoms with Crippen molar-refractivity contribution in [1.29, 1.82) is 0 Å². The minimum atomic E-state index is -6.65. The van der Waals surface area contributed by atoms with Crippen molar-refractivity contribution in [1.82, 2.24) is 0 Å². The second-order valence-corrected chi connectivity index (χ2v) is 9.51. The number of anilines is 1. The second kappa shape index (κ2) is 12.9. The van der Waals surface area contributed by atoms with Crippen LogP contribution in [0, 0.1) is 5.82 Å². The number of amides is 1. The van der Waals surface area contributed by atoms with E-state index in [9.17, 15) is 66.7 Å². The zero-order valence-electron chi connectivity index (χ0n) is 22.3. The first-order valence-corrected chi connectivity index (χ1v) is 12.4. The van der Waals surface area contributed by atoms with Gasteiger partial charge in [0.1, 0.15) is 11.6 Å². The van der Waals surface area contributed by atoms with E-state index in [0.29, 0.717) is 12.1 Å². The Labute approximate surface area is 253 Å². The van der Waals surface area contributed by atoms with Crippen LogP contribution in [-0.2, 0) is 18.3 Å². The Kier molecular flexibility index (Phi) is 10.2. The predicted molar refractivity (Wildman–Crippen MR) is 133 cm³/mol. The van der Waals surface area contributed by atoms with Crippen LogP contribution in [0.5, 0.6) is 11.5 Å². The fourth-order valence-electron chi connectivity index (χ4n) is 4.07. The maximum atomic E-state index is 14.6. The summed E-state index contributed by atoms with van der Waals surface area (Å²) in [6.45, 7) is -3.91. The molecule has 0 aliphatic rings. The van der Waals surface area contributed by atoms with Crippen LogP contribution in [0.25, 0.3) is 0 Å². The molecule has 46 heavy (non-hydrogen) atoms. The van der Waals surface area contributed by atoms with Crippen molar-refractivity contribution >= 4 is 29.0 Å². The topological polar surface area (TPSA) is 64.6 Å². The third-order valence-corrected chi connectivity index (χ3v) is 6.53. The second-order valence-electron chi connectivity index (χ2n) is 9.10. The van der Waals surface area contributed by atoms with Gasteiger partial charge in [0.2, 0.25) is 0 Å². The fraction of sp³-hybridized carbons (Fsp3) is 0.259. The molecule has 0 aliphatic heterocycles. The van der Waals surface area contributed by atoms with E-state index in [4.69, 9.17) is 16.3 Å². The normalized spacial score (nSPS) is 12.7. The summed E-state index contributed by atoms with van der Waals surface area (Å²) in [4.78, 5) is 25.8. The van der Waals surface area contributed by atoms with Crippen molar-refractivity contribution in [2.75, 3.05) is 12.4 Å². The standard InChI is InChI=1S/C27H15ClF13NO4/c1-45-21-13(3-2-4-18(21)42-22(44)15-7-11(25(33,34)35)5-6-17(15)29)19(43)10-14-16(28)8-12(9-20(14)46-23(30)31)24(32,26(36,37)38)27(39,40)41/h2-9,23H,10H2,1H3,(H,42,44). The molecule has 3 rings (SSSR count). The van der Waals surface area contributed by atoms with E-state index in [1.54, 1.807) is 0 Å². The highest BCUT2D eigenvalue weighted by Gasteiger charge is 2.73. The molecule has 5 nitrogen and oxygen atoms in total. The quantitative estimate of drug-likeness (QED) is 0.179. The number of carbonyl (C=O) groups is 2. The molecule has 0 heterocycles. The molecule has 0 aliphatic carbocycles. The Morgan fingerprint density at radius 2 is 1.46 bits per heavy atom. The van der Waals surface area contributed by atoms with Crippen LogP contribution in [-0.4, -0.2) is 37.8 Å². The largest absolute Gasteiger partial charge is 0.494 e. The number of nitrogens with one attached hydrogen (secondary N) is 1. The summed E-state index contributed by atoms with van der Waals surface area (Å²) in [7, 11) is 0.925. The lowest BCUT2D eigenvalue weighted by Gasteiger charge is -2.31. The predicted octanol–water partition coefficient (Wildman–Crippen LogP) is 9.07. The number of benzene rings is 3. The van der Waals surface area contributed by atoms with Crippen molar-refractivity contribution in [3.63, 3.8) is 0 Å². The molecule has 0 unspecified atom stereocenters. The highest BCUT2D eigenvalue weighted by atomic mass is 35.5. The fourth-order valence-corrected chi connectivity index (χ4v) is 4.34. The highest BCUT2D eigenvalue weighted by Crippen LogP contribution is 2.54. The number of methoxy groups -OCH3 is 1. The summed E-state index contributed by atoms with van der Waals surface area (Å²) < 4.78 is 183. The number of carbonyl (C=O) groups excluding carboxylic acids is 2. The van der Waals surface area contributed by atoms with Crippen molar-refractivity contribution < 1.29 is 76.1 Å². The molecule has 0 fully saturated rings. The molecule has 250 valence electrons. The van der Waals surface area contributed by atoms with E-state index in [1.165, 1.54) is 0 Å². The molecule has 3 aromatic carbocycles. The third-order valence-electron chi connectivity index (χ3n) is 6.19. The molecular formula is C27H15ClF13NO4. The smallest absolute Gasteiger partial charge is 0.435 e. The van der Waals surface area contributed by atoms with Crippen molar-refractivity contribution in [3.8, 4) is 11.5 Å². The molecule has 0 aromatic heterocycles. The zero-order valence-corrected chi connectivity index (χ0v) is 23.1. The van der Waals surface area contributed by atoms with Crippen molar-refractivity contribution in [2.24, 2.45) is 0 Å². The average Bonchev–Trinajstić information content (AvgIpc) is 2.91. The molecule has 0 saturated carbocycles. The summed E-state index contributed by atoms with van der Waals surface area (Å²) in [5.41, 5.74) is -12.7. The van der Waals surface area contributed by atoms with Crippen LogP contribution in [0.4, 0.5) is 62.8 Å². The van der Waals surface area contributed by atoms with Gasteiger partial charge in [0.15, 0.2) is 11.5 Å². The number of ketones is 1. The van der Waals surface area contributed by atoms with Gasteiger partial charge in [0.25, 0.3) is 5.91 Å². The van der Waals surface area contributed by atoms with Gasteiger partial charge in [-0.3, -0.25) is 9.59 Å². The van der Waals surface area contributed by atoms with Crippen LogP contribution in [0.1, 0.15) is 37.4 Å². The SMILES string of the molecule is COc1c(NC(=O)c2cc(C(F)(F)F)ccc2F)cccc1C(=O)Cc1c(Cl)cc(C(F)(C(F)(F)F)C(F)(F)F)cc1OC(F)F. The van der Waals surface area contributed by atoms with Gasteiger partial charge in [-0.25, -0.2) is 8.78 Å². The Bertz CT molecular complexity index is 1620. The molecule has 0 radical (unpaired) electrons. The minimum absolute atomic E-state index is 0.180. The number of rotatable bonds is 9. The Balaban J connectivity index is 2.05. The summed E-state index contributed by atoms with van der Waals surface area (Å²) in [5, 5.41) is 0.808. The molecule has 0 spiro atoms. The third kappa shape index (κ3) is 7.26. The Morgan fingerprint density at radius 1 is 0.848 bits per heavy atom. The number of halogens is 14. The number of alkyl halides is 12. The monoisotopic (exact) mass is 699 g/mol. The number of para-hydroxylation sites is 1. The number of Topliss-reactive ketones (excluding diaryl/α,β-unsaturated/α-hetero) is 1. The molecular weight excluding hydrogens is 685 g/mol. The lowest BCUT2D eigenvalue weighted by atomic mass is 9.91. The van der Waals surface area contributed by atoms with Crippen molar-refractivity contribution in [2.45, 2.75) is 37.2 Å². The zero-order chi connectivity index (χ0) is 35.0. The first-order chi connectivity index (χ1) is 21.0. The van der Waals surface area contributed by atoms with Crippen LogP contribution >= 0.6 is 11.6 Å². The van der Waals surface area contributed by atoms with Gasteiger partial charge in [0.05, 0.1) is 29.5 Å². The van der Waals surface area contributed by atoms with E-state index in [1.807, 2.05) is 5.32 Å². The lowest BCUT2D eigenvalue weighted by Crippen LogP contribution is -2.50. The maximum absolute atomic E-state index is 14.6. The molecule has 1 amide bonds. The van der Waals surface area contributed by atoms with Gasteiger partial charge in [0, 0.05) is 22.6 Å².